The number of hydrogen-bond acceptors (Lipinski definition) is 4. The molecule has 6 rings (SSSR count). The number of methoxy groups -OCH3 is 1. The second-order valence-electron chi connectivity index (χ2n) is 11.3. The molecule has 0 saturated heterocycles. The van der Waals surface area contributed by atoms with Crippen LogP contribution in [0.15, 0.2) is 0 Å². The quantitative estimate of drug-likeness (QED) is 0.373. The minimum Gasteiger partial charge on any atom is -0.465 e. The van der Waals surface area contributed by atoms with E-state index in [-0.39, 0.29) is 5.97 Å². The molecule has 5 aliphatic carbocycles. The lowest BCUT2D eigenvalue weighted by Crippen LogP contribution is -2.57. The summed E-state index contributed by atoms with van der Waals surface area (Å²) in [7, 11) is 1.47. The highest BCUT2D eigenvalue weighted by Gasteiger charge is 2.54. The third-order valence-corrected chi connectivity index (χ3v) is 10.2. The summed E-state index contributed by atoms with van der Waals surface area (Å²) >= 11 is 7.56. The van der Waals surface area contributed by atoms with Crippen molar-refractivity contribution in [1.29, 1.82) is 0 Å². The van der Waals surface area contributed by atoms with E-state index in [1.165, 1.54) is 62.5 Å². The van der Waals surface area contributed by atoms with E-state index in [0.29, 0.717) is 28.1 Å². The van der Waals surface area contributed by atoms with Crippen molar-refractivity contribution in [3.8, 4) is 0 Å². The summed E-state index contributed by atoms with van der Waals surface area (Å²) in [5.41, 5.74) is 2.30. The van der Waals surface area contributed by atoms with Gasteiger partial charge in [-0.2, -0.15) is 0 Å². The highest BCUT2D eigenvalue weighted by Crippen LogP contribution is 2.61. The van der Waals surface area contributed by atoms with Crippen LogP contribution in [0.2, 0.25) is 0 Å². The van der Waals surface area contributed by atoms with Crippen molar-refractivity contribution in [1.82, 2.24) is 5.32 Å². The zero-order chi connectivity index (χ0) is 22.5. The van der Waals surface area contributed by atoms with Crippen molar-refractivity contribution in [2.45, 2.75) is 90.5 Å². The number of esters is 1. The van der Waals surface area contributed by atoms with Crippen molar-refractivity contribution in [3.05, 3.63) is 16.0 Å². The van der Waals surface area contributed by atoms with Crippen molar-refractivity contribution in [3.63, 3.8) is 0 Å². The average molecular weight is 475 g/mol. The molecule has 0 aliphatic heterocycles. The van der Waals surface area contributed by atoms with Crippen LogP contribution in [0.5, 0.6) is 0 Å². The number of thiophene rings is 1. The minimum absolute atomic E-state index is 0.242. The van der Waals surface area contributed by atoms with Gasteiger partial charge in [-0.25, -0.2) is 4.79 Å². The Labute approximate surface area is 202 Å². The summed E-state index contributed by atoms with van der Waals surface area (Å²) in [6, 6.07) is 0.428. The lowest BCUT2D eigenvalue weighted by molar-refractivity contribution is -0.0718. The Morgan fingerprint density at radius 1 is 1.22 bits per heavy atom. The van der Waals surface area contributed by atoms with Gasteiger partial charge in [0, 0.05) is 10.9 Å². The molecule has 4 saturated carbocycles. The SMILES string of the molecule is CCCC(NC(=S)Nc1sc2c(c1C(=O)OC)CCC(C)C2)C12CC3CC(CC(C3)C1)C2. The Balaban J connectivity index is 1.35. The molecule has 4 nitrogen and oxygen atoms in total. The van der Waals surface area contributed by atoms with Crippen LogP contribution in [0.1, 0.15) is 92.4 Å². The number of anilines is 1. The number of nitrogens with one attached hydrogen (secondary N) is 2. The predicted molar refractivity (Wildman–Crippen MR) is 136 cm³/mol. The molecule has 2 unspecified atom stereocenters. The maximum absolute atomic E-state index is 12.7. The molecule has 176 valence electrons. The maximum atomic E-state index is 12.7. The van der Waals surface area contributed by atoms with Gasteiger partial charge in [0.25, 0.3) is 0 Å². The van der Waals surface area contributed by atoms with Gasteiger partial charge >= 0.3 is 5.97 Å². The van der Waals surface area contributed by atoms with Gasteiger partial charge in [-0.15, -0.1) is 11.3 Å². The van der Waals surface area contributed by atoms with Gasteiger partial charge < -0.3 is 15.4 Å². The van der Waals surface area contributed by atoms with Crippen molar-refractivity contribution in [2.24, 2.45) is 29.1 Å². The fraction of sp³-hybridized carbons (Fsp3) is 0.769. The van der Waals surface area contributed by atoms with E-state index in [9.17, 15) is 4.79 Å². The molecule has 6 heteroatoms. The molecule has 1 heterocycles. The van der Waals surface area contributed by atoms with Crippen LogP contribution in [0.4, 0.5) is 5.00 Å². The normalized spacial score (nSPS) is 33.5. The Morgan fingerprint density at radius 2 is 1.88 bits per heavy atom. The van der Waals surface area contributed by atoms with Crippen LogP contribution in [-0.4, -0.2) is 24.2 Å². The summed E-state index contributed by atoms with van der Waals surface area (Å²) in [5.74, 6) is 3.21. The van der Waals surface area contributed by atoms with Crippen molar-refractivity contribution < 1.29 is 9.53 Å². The van der Waals surface area contributed by atoms with Gasteiger partial charge in [-0.1, -0.05) is 20.3 Å². The smallest absolute Gasteiger partial charge is 0.341 e. The molecule has 0 spiro atoms. The fourth-order valence-corrected chi connectivity index (χ4v) is 9.59. The number of hydrogen-bond donors (Lipinski definition) is 2. The van der Waals surface area contributed by atoms with E-state index >= 15 is 0 Å². The van der Waals surface area contributed by atoms with Crippen LogP contribution in [-0.2, 0) is 17.6 Å². The third kappa shape index (κ3) is 4.11. The molecule has 0 amide bonds. The monoisotopic (exact) mass is 474 g/mol. The van der Waals surface area contributed by atoms with Gasteiger partial charge in [-0.05, 0) is 111 Å². The van der Waals surface area contributed by atoms with Gasteiger partial charge in [-0.3, -0.25) is 0 Å². The zero-order valence-corrected chi connectivity index (χ0v) is 21.4. The lowest BCUT2D eigenvalue weighted by Gasteiger charge is -2.59. The van der Waals surface area contributed by atoms with Gasteiger partial charge in [0.05, 0.1) is 12.7 Å². The Hall–Kier alpha value is -1.14. The van der Waals surface area contributed by atoms with Gasteiger partial charge in [0.2, 0.25) is 0 Å². The van der Waals surface area contributed by atoms with E-state index in [1.54, 1.807) is 11.3 Å². The first-order chi connectivity index (χ1) is 15.4. The minimum atomic E-state index is -0.242. The van der Waals surface area contributed by atoms with Crippen LogP contribution in [0.25, 0.3) is 0 Å². The highest BCUT2D eigenvalue weighted by atomic mass is 32.1. The number of carbonyl (C=O) groups is 1. The largest absolute Gasteiger partial charge is 0.465 e. The first-order valence-electron chi connectivity index (χ1n) is 12.7. The first kappa shape index (κ1) is 22.6. The second kappa shape index (κ2) is 8.90. The number of fused-ring (bicyclic) bond motifs is 1. The van der Waals surface area contributed by atoms with E-state index in [4.69, 9.17) is 17.0 Å². The molecule has 5 aliphatic rings. The summed E-state index contributed by atoms with van der Waals surface area (Å²) in [5, 5.41) is 8.77. The molecular formula is C26H38N2O2S2. The molecule has 0 radical (unpaired) electrons. The van der Waals surface area contributed by atoms with Gasteiger partial charge in [0.15, 0.2) is 5.11 Å². The third-order valence-electron chi connectivity index (χ3n) is 8.84. The highest BCUT2D eigenvalue weighted by molar-refractivity contribution is 7.80. The van der Waals surface area contributed by atoms with E-state index in [0.717, 1.165) is 48.4 Å². The summed E-state index contributed by atoms with van der Waals surface area (Å²) in [4.78, 5) is 14.0. The Kier molecular flexibility index (Phi) is 6.30. The Morgan fingerprint density at radius 3 is 2.47 bits per heavy atom. The molecule has 0 aromatic carbocycles. The molecule has 4 bridgehead atoms. The summed E-state index contributed by atoms with van der Waals surface area (Å²) < 4.78 is 5.16. The van der Waals surface area contributed by atoms with Crippen LogP contribution in [0, 0.1) is 29.1 Å². The molecular weight excluding hydrogens is 436 g/mol. The topological polar surface area (TPSA) is 50.4 Å². The van der Waals surface area contributed by atoms with Crippen LogP contribution >= 0.6 is 23.6 Å². The zero-order valence-electron chi connectivity index (χ0n) is 19.8. The standard InChI is InChI=1S/C26H38N2O2S2/c1-4-5-21(26-12-16-9-17(13-26)11-18(10-16)14-26)27-25(31)28-23-22(24(29)30-3)19-7-6-15(2)8-20(19)32-23/h15-18,21H,4-14H2,1-3H3,(H2,27,28,31). The predicted octanol–water partition coefficient (Wildman–Crippen LogP) is 6.33. The van der Waals surface area contributed by atoms with E-state index in [1.807, 2.05) is 0 Å². The van der Waals surface area contributed by atoms with Crippen molar-refractivity contribution in [2.75, 3.05) is 12.4 Å². The second-order valence-corrected chi connectivity index (χ2v) is 12.8. The van der Waals surface area contributed by atoms with E-state index in [2.05, 4.69) is 24.5 Å². The average Bonchev–Trinajstić information content (AvgIpc) is 3.08. The maximum Gasteiger partial charge on any atom is 0.341 e. The van der Waals surface area contributed by atoms with Crippen LogP contribution in [0.3, 0.4) is 0 Å². The van der Waals surface area contributed by atoms with E-state index < -0.39 is 0 Å². The first-order valence-corrected chi connectivity index (χ1v) is 13.9. The summed E-state index contributed by atoms with van der Waals surface area (Å²) in [6.45, 7) is 4.58. The van der Waals surface area contributed by atoms with Crippen molar-refractivity contribution >= 4 is 39.6 Å². The molecule has 1 aromatic heterocycles. The molecule has 2 atom stereocenters. The fourth-order valence-electron chi connectivity index (χ4n) is 7.88. The number of carbonyl (C=O) groups excluding carboxylic acids is 1. The van der Waals surface area contributed by atoms with Gasteiger partial charge in [0.1, 0.15) is 5.00 Å². The summed E-state index contributed by atoms with van der Waals surface area (Å²) in [6.07, 6.45) is 13.9. The van der Waals surface area contributed by atoms with Crippen LogP contribution < -0.4 is 10.6 Å². The number of ether oxygens (including phenoxy) is 1. The molecule has 4 fully saturated rings. The molecule has 2 N–H and O–H groups in total. The Bertz CT molecular complexity index is 857. The number of rotatable bonds is 6. The molecule has 1 aromatic rings. The molecule has 32 heavy (non-hydrogen) atoms. The number of thiocarbonyl (C=S) groups is 1. The lowest BCUT2D eigenvalue weighted by atomic mass is 9.47.